The third kappa shape index (κ3) is 3.72. The molecule has 8 nitrogen and oxygen atoms in total. The second-order valence-electron chi connectivity index (χ2n) is 5.00. The molecule has 3 rings (SSSR count). The maximum atomic E-state index is 12.4. The highest BCUT2D eigenvalue weighted by atomic mass is 32.1. The van der Waals surface area contributed by atoms with E-state index in [0.717, 1.165) is 0 Å². The Labute approximate surface area is 146 Å². The number of thiophene rings is 1. The van der Waals surface area contributed by atoms with E-state index in [0.29, 0.717) is 16.2 Å². The van der Waals surface area contributed by atoms with Crippen LogP contribution in [0.3, 0.4) is 0 Å². The molecular weight excluding hydrogens is 344 g/mol. The fraction of sp³-hybridized carbons (Fsp3) is 0.188. The zero-order chi connectivity index (χ0) is 17.8. The van der Waals surface area contributed by atoms with Crippen LogP contribution in [0.4, 0.5) is 5.00 Å². The van der Waals surface area contributed by atoms with E-state index in [4.69, 9.17) is 4.74 Å². The minimum atomic E-state index is -0.593. The number of Topliss-reactive ketones (excluding diaryl/α,β-unsaturated/α-hetero) is 1. The average Bonchev–Trinajstić information content (AvgIpc) is 3.22. The highest BCUT2D eigenvalue weighted by molar-refractivity contribution is 7.14. The molecule has 9 heteroatoms. The van der Waals surface area contributed by atoms with Crippen LogP contribution >= 0.6 is 11.3 Å². The van der Waals surface area contributed by atoms with Crippen LogP contribution in [-0.2, 0) is 9.53 Å². The van der Waals surface area contributed by atoms with E-state index in [1.165, 1.54) is 22.0 Å². The number of rotatable bonds is 6. The Hall–Kier alpha value is -3.07. The van der Waals surface area contributed by atoms with Crippen LogP contribution in [0.1, 0.15) is 34.1 Å². The lowest BCUT2D eigenvalue weighted by molar-refractivity contribution is -0.141. The first kappa shape index (κ1) is 16.8. The average molecular weight is 358 g/mol. The molecule has 0 bridgehead atoms. The first-order valence-corrected chi connectivity index (χ1v) is 8.33. The Kier molecular flexibility index (Phi) is 4.85. The normalized spacial score (nSPS) is 10.6. The molecule has 0 aliphatic rings. The predicted octanol–water partition coefficient (Wildman–Crippen LogP) is 2.18. The monoisotopic (exact) mass is 358 g/mol. The standard InChI is InChI=1S/C16H14N4O4S/c1-2-24-14(22)7-12(21)11-4-6-25-16(11)19-15(23)10-8-17-13-3-5-18-20(13)9-10/h3-6,8-9H,2,7H2,1H3,(H,19,23). The van der Waals surface area contributed by atoms with Gasteiger partial charge in [-0.2, -0.15) is 5.10 Å². The Morgan fingerprint density at radius 2 is 2.16 bits per heavy atom. The van der Waals surface area contributed by atoms with Crippen LogP contribution in [0.25, 0.3) is 5.65 Å². The molecule has 3 aromatic rings. The number of hydrogen-bond donors (Lipinski definition) is 1. The van der Waals surface area contributed by atoms with Gasteiger partial charge < -0.3 is 10.1 Å². The molecule has 3 heterocycles. The first-order valence-electron chi connectivity index (χ1n) is 7.45. The van der Waals surface area contributed by atoms with Gasteiger partial charge in [0, 0.05) is 18.5 Å². The van der Waals surface area contributed by atoms with Gasteiger partial charge in [-0.3, -0.25) is 14.4 Å². The van der Waals surface area contributed by atoms with Crippen LogP contribution < -0.4 is 5.32 Å². The molecule has 1 N–H and O–H groups in total. The smallest absolute Gasteiger partial charge is 0.313 e. The van der Waals surface area contributed by atoms with E-state index in [9.17, 15) is 14.4 Å². The molecule has 0 aromatic carbocycles. The number of esters is 1. The van der Waals surface area contributed by atoms with Gasteiger partial charge in [0.25, 0.3) is 5.91 Å². The number of ketones is 1. The quantitative estimate of drug-likeness (QED) is 0.412. The molecule has 0 saturated heterocycles. The predicted molar refractivity (Wildman–Crippen MR) is 90.8 cm³/mol. The van der Waals surface area contributed by atoms with Crippen molar-refractivity contribution in [1.82, 2.24) is 14.6 Å². The Bertz CT molecular complexity index is 946. The summed E-state index contributed by atoms with van der Waals surface area (Å²) in [4.78, 5) is 40.2. The van der Waals surface area contributed by atoms with Crippen molar-refractivity contribution < 1.29 is 19.1 Å². The van der Waals surface area contributed by atoms with Gasteiger partial charge in [0.1, 0.15) is 11.4 Å². The summed E-state index contributed by atoms with van der Waals surface area (Å²) in [6.07, 6.45) is 4.19. The minimum absolute atomic E-state index is 0.211. The highest BCUT2D eigenvalue weighted by Gasteiger charge is 2.19. The molecule has 128 valence electrons. The minimum Gasteiger partial charge on any atom is -0.466 e. The van der Waals surface area contributed by atoms with Gasteiger partial charge >= 0.3 is 5.97 Å². The summed E-state index contributed by atoms with van der Waals surface area (Å²) in [5.41, 5.74) is 1.20. The van der Waals surface area contributed by atoms with Crippen molar-refractivity contribution >= 4 is 39.6 Å². The molecule has 0 aliphatic carbocycles. The highest BCUT2D eigenvalue weighted by Crippen LogP contribution is 2.25. The number of anilines is 1. The number of carbonyl (C=O) groups excluding carboxylic acids is 3. The molecule has 25 heavy (non-hydrogen) atoms. The van der Waals surface area contributed by atoms with Gasteiger partial charge in [0.05, 0.1) is 23.9 Å². The van der Waals surface area contributed by atoms with Crippen LogP contribution in [-0.4, -0.2) is 38.9 Å². The van der Waals surface area contributed by atoms with Crippen LogP contribution in [0.5, 0.6) is 0 Å². The SMILES string of the molecule is CCOC(=O)CC(=O)c1ccsc1NC(=O)c1cnc2ccnn2c1. The molecule has 0 saturated carbocycles. The molecule has 1 amide bonds. The summed E-state index contributed by atoms with van der Waals surface area (Å²) < 4.78 is 6.25. The van der Waals surface area contributed by atoms with Gasteiger partial charge in [0.2, 0.25) is 0 Å². The van der Waals surface area contributed by atoms with Crippen molar-refractivity contribution in [3.63, 3.8) is 0 Å². The van der Waals surface area contributed by atoms with Gasteiger partial charge in [-0.05, 0) is 18.4 Å². The summed E-state index contributed by atoms with van der Waals surface area (Å²) in [6, 6.07) is 3.28. The number of carbonyl (C=O) groups is 3. The summed E-state index contributed by atoms with van der Waals surface area (Å²) in [5, 5.41) is 8.75. The zero-order valence-corrected chi connectivity index (χ0v) is 14.1. The summed E-state index contributed by atoms with van der Waals surface area (Å²) >= 11 is 1.20. The number of aromatic nitrogens is 3. The van der Waals surface area contributed by atoms with Crippen molar-refractivity contribution in [2.75, 3.05) is 11.9 Å². The lowest BCUT2D eigenvalue weighted by Gasteiger charge is -2.06. The van der Waals surface area contributed by atoms with Crippen LogP contribution in [0, 0.1) is 0 Å². The van der Waals surface area contributed by atoms with Crippen molar-refractivity contribution in [3.8, 4) is 0 Å². The lowest BCUT2D eigenvalue weighted by Crippen LogP contribution is -2.16. The third-order valence-corrected chi connectivity index (χ3v) is 4.14. The molecule has 0 fully saturated rings. The van der Waals surface area contributed by atoms with E-state index in [2.05, 4.69) is 15.4 Å². The fourth-order valence-corrected chi connectivity index (χ4v) is 2.97. The third-order valence-electron chi connectivity index (χ3n) is 3.31. The van der Waals surface area contributed by atoms with Gasteiger partial charge in [-0.25, -0.2) is 9.50 Å². The number of fused-ring (bicyclic) bond motifs is 1. The van der Waals surface area contributed by atoms with Crippen LogP contribution in [0.15, 0.2) is 36.1 Å². The second kappa shape index (κ2) is 7.22. The number of nitrogens with zero attached hydrogens (tertiary/aromatic N) is 3. The fourth-order valence-electron chi connectivity index (χ4n) is 2.17. The zero-order valence-electron chi connectivity index (χ0n) is 13.3. The van der Waals surface area contributed by atoms with Gasteiger partial charge in [0.15, 0.2) is 11.4 Å². The number of ether oxygens (including phenoxy) is 1. The number of amides is 1. The Morgan fingerprint density at radius 3 is 2.96 bits per heavy atom. The Balaban J connectivity index is 1.74. The summed E-state index contributed by atoms with van der Waals surface area (Å²) in [5.74, 6) is -1.42. The van der Waals surface area contributed by atoms with Crippen molar-refractivity contribution in [2.45, 2.75) is 13.3 Å². The maximum absolute atomic E-state index is 12.4. The summed E-state index contributed by atoms with van der Waals surface area (Å²) in [7, 11) is 0. The second-order valence-corrected chi connectivity index (χ2v) is 5.92. The molecule has 3 aromatic heterocycles. The van der Waals surface area contributed by atoms with E-state index in [-0.39, 0.29) is 18.6 Å². The maximum Gasteiger partial charge on any atom is 0.313 e. The van der Waals surface area contributed by atoms with E-state index >= 15 is 0 Å². The van der Waals surface area contributed by atoms with Crippen molar-refractivity contribution in [1.29, 1.82) is 0 Å². The molecule has 0 atom stereocenters. The van der Waals surface area contributed by atoms with E-state index < -0.39 is 17.7 Å². The number of hydrogen-bond acceptors (Lipinski definition) is 7. The molecule has 0 spiro atoms. The van der Waals surface area contributed by atoms with E-state index in [1.807, 2.05) is 0 Å². The molecular formula is C16H14N4O4S. The lowest BCUT2D eigenvalue weighted by atomic mass is 10.1. The molecule has 0 aliphatic heterocycles. The van der Waals surface area contributed by atoms with Gasteiger partial charge in [-0.15, -0.1) is 11.3 Å². The van der Waals surface area contributed by atoms with E-state index in [1.54, 1.807) is 36.8 Å². The van der Waals surface area contributed by atoms with Gasteiger partial charge in [-0.1, -0.05) is 0 Å². The largest absolute Gasteiger partial charge is 0.466 e. The van der Waals surface area contributed by atoms with Crippen molar-refractivity contribution in [3.05, 3.63) is 47.2 Å². The summed E-state index contributed by atoms with van der Waals surface area (Å²) in [6.45, 7) is 1.88. The van der Waals surface area contributed by atoms with Crippen molar-refractivity contribution in [2.24, 2.45) is 0 Å². The topological polar surface area (TPSA) is 103 Å². The van der Waals surface area contributed by atoms with Crippen LogP contribution in [0.2, 0.25) is 0 Å². The molecule has 0 unspecified atom stereocenters. The first-order chi connectivity index (χ1) is 12.1. The Morgan fingerprint density at radius 1 is 1.32 bits per heavy atom. The number of nitrogens with one attached hydrogen (secondary N) is 1. The molecule has 0 radical (unpaired) electrons.